The Hall–Kier alpha value is -4.49. The number of nitrogens with zero attached hydrogens (tertiary/aromatic N) is 4. The van der Waals surface area contributed by atoms with Crippen LogP contribution in [0.3, 0.4) is 0 Å². The van der Waals surface area contributed by atoms with Gasteiger partial charge in [0.2, 0.25) is 0 Å². The highest BCUT2D eigenvalue weighted by molar-refractivity contribution is 6.08. The summed E-state index contributed by atoms with van der Waals surface area (Å²) >= 11 is 0. The monoisotopic (exact) mass is 601 g/mol. The van der Waals surface area contributed by atoms with Crippen molar-refractivity contribution in [1.29, 1.82) is 5.26 Å². The Balaban J connectivity index is 1.36. The minimum Gasteiger partial charge on any atom is -0.366 e. The number of rotatable bonds is 7. The number of halogens is 4. The molecule has 4 aromatic rings. The molecular weight excluding hydrogens is 570 g/mol. The largest absolute Gasteiger partial charge is 0.419 e. The highest BCUT2D eigenvalue weighted by atomic mass is 19.4. The molecule has 3 aromatic carbocycles. The van der Waals surface area contributed by atoms with E-state index in [9.17, 15) is 27.6 Å². The zero-order chi connectivity index (χ0) is 30.8. The SMILES string of the molecule is N#Cc1ccc(-c2ccc3nc(NCc4cccc(C(F)(F)F)c4F)cc(C(=O)N4CCC[C@H]4CN4CCCC4)c3c2)cc1. The van der Waals surface area contributed by atoms with Gasteiger partial charge in [-0.2, -0.15) is 18.4 Å². The van der Waals surface area contributed by atoms with Crippen LogP contribution < -0.4 is 5.32 Å². The normalized spacial score (nSPS) is 17.2. The lowest BCUT2D eigenvalue weighted by atomic mass is 9.99. The summed E-state index contributed by atoms with van der Waals surface area (Å²) in [6.07, 6.45) is -0.662. The van der Waals surface area contributed by atoms with E-state index in [-0.39, 0.29) is 29.9 Å². The number of aromatic nitrogens is 1. The third-order valence-corrected chi connectivity index (χ3v) is 8.54. The first kappa shape index (κ1) is 29.6. The number of carbonyl (C=O) groups is 1. The second-order valence-electron chi connectivity index (χ2n) is 11.4. The molecule has 1 N–H and O–H groups in total. The van der Waals surface area contributed by atoms with Crippen LogP contribution in [0.5, 0.6) is 0 Å². The molecule has 1 atom stereocenters. The molecule has 2 saturated heterocycles. The number of alkyl halides is 3. The van der Waals surface area contributed by atoms with Gasteiger partial charge in [-0.05, 0) is 86.3 Å². The van der Waals surface area contributed by atoms with Gasteiger partial charge < -0.3 is 15.1 Å². The Morgan fingerprint density at radius 2 is 1.73 bits per heavy atom. The van der Waals surface area contributed by atoms with E-state index < -0.39 is 17.6 Å². The zero-order valence-corrected chi connectivity index (χ0v) is 24.0. The Morgan fingerprint density at radius 3 is 2.45 bits per heavy atom. The first-order valence-corrected chi connectivity index (χ1v) is 14.8. The average molecular weight is 602 g/mol. The van der Waals surface area contributed by atoms with Gasteiger partial charge in [0.15, 0.2) is 0 Å². The van der Waals surface area contributed by atoms with Crippen LogP contribution in [0.1, 0.15) is 52.7 Å². The fraction of sp³-hybridized carbons (Fsp3) is 0.324. The molecule has 3 heterocycles. The van der Waals surface area contributed by atoms with E-state index in [4.69, 9.17) is 0 Å². The van der Waals surface area contributed by atoms with Crippen LogP contribution in [-0.2, 0) is 12.7 Å². The lowest BCUT2D eigenvalue weighted by Crippen LogP contribution is -2.42. The second-order valence-corrected chi connectivity index (χ2v) is 11.4. The lowest BCUT2D eigenvalue weighted by Gasteiger charge is -2.29. The summed E-state index contributed by atoms with van der Waals surface area (Å²) in [4.78, 5) is 23.2. The van der Waals surface area contributed by atoms with E-state index in [0.29, 0.717) is 34.6 Å². The molecule has 2 aliphatic heterocycles. The molecule has 0 bridgehead atoms. The van der Waals surface area contributed by atoms with Crippen molar-refractivity contribution in [3.63, 3.8) is 0 Å². The summed E-state index contributed by atoms with van der Waals surface area (Å²) in [5, 5.41) is 12.8. The number of nitriles is 1. The van der Waals surface area contributed by atoms with Crippen LogP contribution >= 0.6 is 0 Å². The molecule has 2 aliphatic rings. The first-order valence-electron chi connectivity index (χ1n) is 14.8. The van der Waals surface area contributed by atoms with Crippen molar-refractivity contribution in [1.82, 2.24) is 14.8 Å². The van der Waals surface area contributed by atoms with Crippen LogP contribution in [0.2, 0.25) is 0 Å². The van der Waals surface area contributed by atoms with Crippen LogP contribution in [0.25, 0.3) is 22.0 Å². The number of amides is 1. The summed E-state index contributed by atoms with van der Waals surface area (Å²) < 4.78 is 54.6. The van der Waals surface area contributed by atoms with E-state index in [1.807, 2.05) is 29.2 Å². The van der Waals surface area contributed by atoms with Crippen molar-refractivity contribution in [2.75, 3.05) is 31.5 Å². The molecule has 1 amide bonds. The molecule has 10 heteroatoms. The number of benzene rings is 3. The number of anilines is 1. The fourth-order valence-electron chi connectivity index (χ4n) is 6.24. The highest BCUT2D eigenvalue weighted by Crippen LogP contribution is 2.34. The maximum Gasteiger partial charge on any atom is 0.419 e. The third-order valence-electron chi connectivity index (χ3n) is 8.54. The molecule has 226 valence electrons. The summed E-state index contributed by atoms with van der Waals surface area (Å²) in [5.41, 5.74) is 1.72. The molecular formula is C34H31F4N5O. The maximum absolute atomic E-state index is 14.7. The number of likely N-dealkylation sites (tertiary alicyclic amines) is 2. The Bertz CT molecular complexity index is 1730. The minimum atomic E-state index is -4.81. The molecule has 0 spiro atoms. The smallest absolute Gasteiger partial charge is 0.366 e. The van der Waals surface area contributed by atoms with Crippen molar-refractivity contribution < 1.29 is 22.4 Å². The van der Waals surface area contributed by atoms with E-state index in [1.54, 1.807) is 24.3 Å². The van der Waals surface area contributed by atoms with Gasteiger partial charge in [0.25, 0.3) is 5.91 Å². The number of pyridine rings is 1. The van der Waals surface area contributed by atoms with Crippen molar-refractivity contribution in [3.8, 4) is 17.2 Å². The fourth-order valence-corrected chi connectivity index (χ4v) is 6.24. The van der Waals surface area contributed by atoms with Gasteiger partial charge in [0, 0.05) is 36.6 Å². The van der Waals surface area contributed by atoms with Crippen LogP contribution in [0, 0.1) is 17.1 Å². The minimum absolute atomic E-state index is 0.0844. The van der Waals surface area contributed by atoms with Gasteiger partial charge in [-0.15, -0.1) is 0 Å². The van der Waals surface area contributed by atoms with Crippen molar-refractivity contribution in [2.45, 2.75) is 44.4 Å². The first-order chi connectivity index (χ1) is 21.2. The Labute approximate surface area is 252 Å². The van der Waals surface area contributed by atoms with Crippen LogP contribution in [0.15, 0.2) is 66.7 Å². The van der Waals surface area contributed by atoms with Crippen molar-refractivity contribution in [2.24, 2.45) is 0 Å². The number of hydrogen-bond donors (Lipinski definition) is 1. The zero-order valence-electron chi connectivity index (χ0n) is 24.0. The van der Waals surface area contributed by atoms with E-state index in [1.165, 1.54) is 12.1 Å². The molecule has 6 nitrogen and oxygen atoms in total. The summed E-state index contributed by atoms with van der Waals surface area (Å²) in [6, 6.07) is 19.7. The molecule has 0 aliphatic carbocycles. The standard InChI is InChI=1S/C34H31F4N5O/c35-32-25(5-3-7-29(32)34(36,37)38)20-40-31-18-28(33(44)43-16-4-6-26(43)21-42-14-1-2-15-42)27-17-24(12-13-30(27)41-31)23-10-8-22(19-39)9-11-23/h3,5,7-13,17-18,26H,1-2,4,6,14-16,20-21H2,(H,40,41)/t26-/m0/s1. The molecule has 0 saturated carbocycles. The molecule has 0 radical (unpaired) electrons. The van der Waals surface area contributed by atoms with Gasteiger partial charge in [-0.25, -0.2) is 9.37 Å². The third kappa shape index (κ3) is 6.10. The summed E-state index contributed by atoms with van der Waals surface area (Å²) in [5.74, 6) is -1.21. The second kappa shape index (κ2) is 12.2. The van der Waals surface area contributed by atoms with Crippen LogP contribution in [0.4, 0.5) is 23.4 Å². The molecule has 2 fully saturated rings. The van der Waals surface area contributed by atoms with Gasteiger partial charge in [-0.3, -0.25) is 4.79 Å². The van der Waals surface area contributed by atoms with E-state index in [2.05, 4.69) is 21.3 Å². The molecule has 1 aromatic heterocycles. The predicted octanol–water partition coefficient (Wildman–Crippen LogP) is 7.24. The quantitative estimate of drug-likeness (QED) is 0.226. The average Bonchev–Trinajstić information content (AvgIpc) is 3.72. The molecule has 6 rings (SSSR count). The van der Waals surface area contributed by atoms with Crippen molar-refractivity contribution in [3.05, 3.63) is 94.8 Å². The lowest BCUT2D eigenvalue weighted by molar-refractivity contribution is -0.140. The topological polar surface area (TPSA) is 72.3 Å². The Morgan fingerprint density at radius 1 is 0.977 bits per heavy atom. The van der Waals surface area contributed by atoms with Gasteiger partial charge in [0.05, 0.1) is 28.3 Å². The number of hydrogen-bond acceptors (Lipinski definition) is 5. The van der Waals surface area contributed by atoms with Crippen molar-refractivity contribution >= 4 is 22.6 Å². The molecule has 44 heavy (non-hydrogen) atoms. The molecule has 0 unspecified atom stereocenters. The van der Waals surface area contributed by atoms with Gasteiger partial charge >= 0.3 is 6.18 Å². The number of nitrogens with one attached hydrogen (secondary N) is 1. The predicted molar refractivity (Wildman–Crippen MR) is 160 cm³/mol. The number of fused-ring (bicyclic) bond motifs is 1. The van der Waals surface area contributed by atoms with Gasteiger partial charge in [0.1, 0.15) is 11.6 Å². The highest BCUT2D eigenvalue weighted by Gasteiger charge is 2.35. The maximum atomic E-state index is 14.7. The summed E-state index contributed by atoms with van der Waals surface area (Å²) in [6.45, 7) is 3.28. The van der Waals surface area contributed by atoms with Gasteiger partial charge in [-0.1, -0.05) is 30.3 Å². The number of carbonyl (C=O) groups excluding carboxylic acids is 1. The Kier molecular flexibility index (Phi) is 8.23. The van der Waals surface area contributed by atoms with E-state index in [0.717, 1.165) is 56.4 Å². The summed E-state index contributed by atoms with van der Waals surface area (Å²) in [7, 11) is 0. The van der Waals surface area contributed by atoms with E-state index >= 15 is 0 Å². The van der Waals surface area contributed by atoms with Crippen LogP contribution in [-0.4, -0.2) is 52.9 Å².